The van der Waals surface area contributed by atoms with E-state index < -0.39 is 0 Å². The van der Waals surface area contributed by atoms with Gasteiger partial charge in [0.1, 0.15) is 5.82 Å². The lowest BCUT2D eigenvalue weighted by atomic mass is 9.80. The van der Waals surface area contributed by atoms with Crippen molar-refractivity contribution >= 4 is 5.82 Å². The highest BCUT2D eigenvalue weighted by atomic mass is 16.5. The van der Waals surface area contributed by atoms with Gasteiger partial charge in [-0.25, -0.2) is 4.98 Å². The molecule has 9 heteroatoms. The van der Waals surface area contributed by atoms with Crippen LogP contribution in [0.15, 0.2) is 53.2 Å². The summed E-state index contributed by atoms with van der Waals surface area (Å²) in [6, 6.07) is 14.4. The fraction of sp³-hybridized carbons (Fsp3) is 0.429. The van der Waals surface area contributed by atoms with Crippen molar-refractivity contribution < 1.29 is 9.26 Å². The van der Waals surface area contributed by atoms with Crippen LogP contribution in [0.4, 0.5) is 5.82 Å². The Balaban J connectivity index is 1.08. The van der Waals surface area contributed by atoms with E-state index >= 15 is 0 Å². The molecule has 3 aromatic heterocycles. The van der Waals surface area contributed by atoms with Gasteiger partial charge in [0.25, 0.3) is 5.89 Å². The van der Waals surface area contributed by atoms with E-state index in [1.54, 1.807) is 0 Å². The predicted octanol–water partition coefficient (Wildman–Crippen LogP) is 4.15. The van der Waals surface area contributed by atoms with Crippen LogP contribution in [0, 0.1) is 6.92 Å². The highest BCUT2D eigenvalue weighted by molar-refractivity contribution is 5.58. The maximum atomic E-state index is 5.56. The number of aryl methyl sites for hydroxylation is 1. The first kappa shape index (κ1) is 23.8. The zero-order valence-electron chi connectivity index (χ0n) is 21.5. The van der Waals surface area contributed by atoms with Gasteiger partial charge in [-0.15, -0.1) is 0 Å². The fourth-order valence-corrected chi connectivity index (χ4v) is 4.96. The summed E-state index contributed by atoms with van der Waals surface area (Å²) in [5.74, 6) is 1.87. The lowest BCUT2D eigenvalue weighted by Crippen LogP contribution is -2.43. The number of nitrogens with zero attached hydrogens (tertiary/aromatic N) is 6. The van der Waals surface area contributed by atoms with E-state index in [2.05, 4.69) is 50.5 Å². The molecule has 5 heterocycles. The SMILES string of the molecule is Cc1cc(-c2nc(-c3ccc(C4(C)COC4)cc3)no2)nn1Cc1ccc(NCCN2CCCC2)nc1. The van der Waals surface area contributed by atoms with Gasteiger partial charge in [-0.1, -0.05) is 42.4 Å². The average Bonchev–Trinajstić information content (AvgIpc) is 3.66. The average molecular weight is 500 g/mol. The van der Waals surface area contributed by atoms with Crippen LogP contribution in [0.1, 0.15) is 36.6 Å². The van der Waals surface area contributed by atoms with Gasteiger partial charge in [0.2, 0.25) is 5.82 Å². The second-order valence-corrected chi connectivity index (χ2v) is 10.4. The predicted molar refractivity (Wildman–Crippen MR) is 141 cm³/mol. The number of likely N-dealkylation sites (tertiary alicyclic amines) is 1. The smallest absolute Gasteiger partial charge is 0.278 e. The third kappa shape index (κ3) is 5.14. The van der Waals surface area contributed by atoms with Gasteiger partial charge in [0.15, 0.2) is 5.69 Å². The summed E-state index contributed by atoms with van der Waals surface area (Å²) in [5, 5.41) is 12.3. The molecule has 2 saturated heterocycles. The minimum absolute atomic E-state index is 0.102. The molecule has 0 unspecified atom stereocenters. The molecule has 0 bridgehead atoms. The zero-order valence-corrected chi connectivity index (χ0v) is 21.5. The number of aromatic nitrogens is 5. The second kappa shape index (κ2) is 10.1. The van der Waals surface area contributed by atoms with Crippen LogP contribution in [-0.2, 0) is 16.7 Å². The van der Waals surface area contributed by atoms with Crippen molar-refractivity contribution in [3.8, 4) is 23.0 Å². The van der Waals surface area contributed by atoms with Crippen molar-refractivity contribution in [2.45, 2.75) is 38.6 Å². The first-order chi connectivity index (χ1) is 18.1. The monoisotopic (exact) mass is 499 g/mol. The Bertz CT molecular complexity index is 1330. The van der Waals surface area contributed by atoms with Crippen molar-refractivity contribution in [3.63, 3.8) is 0 Å². The van der Waals surface area contributed by atoms with Crippen molar-refractivity contribution in [1.82, 2.24) is 29.8 Å². The molecule has 2 aliphatic heterocycles. The van der Waals surface area contributed by atoms with Crippen LogP contribution in [0.3, 0.4) is 0 Å². The van der Waals surface area contributed by atoms with Gasteiger partial charge in [-0.05, 0) is 56.1 Å². The molecule has 4 aromatic rings. The number of pyridine rings is 1. The van der Waals surface area contributed by atoms with E-state index in [1.165, 1.54) is 31.5 Å². The van der Waals surface area contributed by atoms with Crippen LogP contribution < -0.4 is 5.32 Å². The summed E-state index contributed by atoms with van der Waals surface area (Å²) in [7, 11) is 0. The molecule has 9 nitrogen and oxygen atoms in total. The summed E-state index contributed by atoms with van der Waals surface area (Å²) in [6.45, 7) is 10.8. The summed E-state index contributed by atoms with van der Waals surface area (Å²) < 4.78 is 12.9. The molecule has 0 aliphatic carbocycles. The number of benzene rings is 1. The first-order valence-electron chi connectivity index (χ1n) is 13.0. The van der Waals surface area contributed by atoms with Gasteiger partial charge >= 0.3 is 0 Å². The molecule has 192 valence electrons. The number of rotatable bonds is 9. The minimum Gasteiger partial charge on any atom is -0.379 e. The van der Waals surface area contributed by atoms with Crippen LogP contribution in [0.2, 0.25) is 0 Å². The molecule has 0 radical (unpaired) electrons. The Labute approximate surface area is 216 Å². The van der Waals surface area contributed by atoms with Crippen LogP contribution in [0.25, 0.3) is 23.0 Å². The van der Waals surface area contributed by atoms with E-state index in [0.717, 1.165) is 48.9 Å². The molecule has 37 heavy (non-hydrogen) atoms. The van der Waals surface area contributed by atoms with Gasteiger partial charge in [-0.3, -0.25) is 4.68 Å². The molecule has 1 aromatic carbocycles. The molecule has 6 rings (SSSR count). The van der Waals surface area contributed by atoms with Crippen molar-refractivity contribution in [1.29, 1.82) is 0 Å². The summed E-state index contributed by atoms with van der Waals surface area (Å²) in [4.78, 5) is 11.7. The summed E-state index contributed by atoms with van der Waals surface area (Å²) in [5.41, 5.74) is 5.05. The minimum atomic E-state index is 0.102. The van der Waals surface area contributed by atoms with Gasteiger partial charge < -0.3 is 19.5 Å². The highest BCUT2D eigenvalue weighted by Gasteiger charge is 2.35. The van der Waals surface area contributed by atoms with E-state index in [-0.39, 0.29) is 5.41 Å². The topological polar surface area (TPSA) is 94.1 Å². The van der Waals surface area contributed by atoms with Crippen molar-refractivity contribution in [2.24, 2.45) is 0 Å². The molecule has 2 fully saturated rings. The number of ether oxygens (including phenoxy) is 1. The molecular formula is C28H33N7O2. The third-order valence-corrected chi connectivity index (χ3v) is 7.40. The van der Waals surface area contributed by atoms with Crippen LogP contribution in [0.5, 0.6) is 0 Å². The summed E-state index contributed by atoms with van der Waals surface area (Å²) in [6.07, 6.45) is 4.54. The Morgan fingerprint density at radius 2 is 1.86 bits per heavy atom. The Morgan fingerprint density at radius 3 is 2.57 bits per heavy atom. The van der Waals surface area contributed by atoms with Crippen molar-refractivity contribution in [2.75, 3.05) is 44.7 Å². The van der Waals surface area contributed by atoms with Crippen LogP contribution in [-0.4, -0.2) is 69.2 Å². The first-order valence-corrected chi connectivity index (χ1v) is 13.0. The largest absolute Gasteiger partial charge is 0.379 e. The van der Waals surface area contributed by atoms with E-state index in [4.69, 9.17) is 14.4 Å². The van der Waals surface area contributed by atoms with E-state index in [0.29, 0.717) is 24.0 Å². The molecule has 0 spiro atoms. The lowest BCUT2D eigenvalue weighted by Gasteiger charge is -2.38. The molecule has 0 atom stereocenters. The normalized spacial score (nSPS) is 17.1. The summed E-state index contributed by atoms with van der Waals surface area (Å²) >= 11 is 0. The van der Waals surface area contributed by atoms with E-state index in [1.807, 2.05) is 42.1 Å². The molecular weight excluding hydrogens is 466 g/mol. The van der Waals surface area contributed by atoms with Gasteiger partial charge in [0, 0.05) is 36.0 Å². The van der Waals surface area contributed by atoms with Gasteiger partial charge in [-0.2, -0.15) is 10.1 Å². The fourth-order valence-electron chi connectivity index (χ4n) is 4.96. The number of nitrogens with one attached hydrogen (secondary N) is 1. The Hall–Kier alpha value is -3.56. The molecule has 0 saturated carbocycles. The third-order valence-electron chi connectivity index (χ3n) is 7.40. The lowest BCUT2D eigenvalue weighted by molar-refractivity contribution is -0.0500. The van der Waals surface area contributed by atoms with E-state index in [9.17, 15) is 0 Å². The number of hydrogen-bond acceptors (Lipinski definition) is 8. The molecule has 2 aliphatic rings. The second-order valence-electron chi connectivity index (χ2n) is 10.4. The Morgan fingerprint density at radius 1 is 1.05 bits per heavy atom. The number of anilines is 1. The van der Waals surface area contributed by atoms with Crippen molar-refractivity contribution in [3.05, 3.63) is 65.5 Å². The zero-order chi connectivity index (χ0) is 25.2. The Kier molecular flexibility index (Phi) is 6.48. The standard InChI is InChI=1S/C28H33N7O2/c1-20-15-24(27-31-26(33-37-27)22-6-8-23(9-7-22)28(2)18-36-19-28)32-35(20)17-21-5-10-25(30-16-21)29-11-14-34-12-3-4-13-34/h5-10,15-16H,3-4,11-14,17-19H2,1-2H3,(H,29,30). The highest BCUT2D eigenvalue weighted by Crippen LogP contribution is 2.33. The van der Waals surface area contributed by atoms with Crippen LogP contribution >= 0.6 is 0 Å². The molecule has 0 amide bonds. The van der Waals surface area contributed by atoms with Gasteiger partial charge in [0.05, 0.1) is 19.8 Å². The number of hydrogen-bond donors (Lipinski definition) is 1. The quantitative estimate of drug-likeness (QED) is 0.367. The maximum absolute atomic E-state index is 5.56. The maximum Gasteiger partial charge on any atom is 0.278 e. The molecule has 1 N–H and O–H groups in total.